The number of rotatable bonds is 7. The Morgan fingerprint density at radius 2 is 1.62 bits per heavy atom. The lowest BCUT2D eigenvalue weighted by atomic mass is 9.87. The summed E-state index contributed by atoms with van der Waals surface area (Å²) in [7, 11) is 0. The number of nitrogens with one attached hydrogen (secondary N) is 1. The number of amides is 1. The number of ether oxygens (including phenoxy) is 2. The first-order valence-electron chi connectivity index (χ1n) is 10.4. The van der Waals surface area contributed by atoms with Crippen molar-refractivity contribution in [2.75, 3.05) is 17.7 Å². The van der Waals surface area contributed by atoms with Crippen molar-refractivity contribution in [1.29, 1.82) is 0 Å². The molecule has 0 fully saturated rings. The number of nitrogens with two attached hydrogens (primary N) is 1. The van der Waals surface area contributed by atoms with E-state index in [9.17, 15) is 9.59 Å². The van der Waals surface area contributed by atoms with Crippen LogP contribution in [0.15, 0.2) is 72.8 Å². The van der Waals surface area contributed by atoms with Crippen LogP contribution in [-0.2, 0) is 21.6 Å². The molecule has 32 heavy (non-hydrogen) atoms. The molecule has 0 aliphatic carbocycles. The minimum atomic E-state index is -0.498. The summed E-state index contributed by atoms with van der Waals surface area (Å²) in [5.41, 5.74) is 9.34. The Labute approximate surface area is 188 Å². The van der Waals surface area contributed by atoms with Gasteiger partial charge < -0.3 is 20.5 Å². The SMILES string of the molecule is CC(C)(C)c1ccc(NC(=O)COc2cc(C(=O)OCc3ccccc3)ccc2N)cc1. The van der Waals surface area contributed by atoms with E-state index in [1.54, 1.807) is 12.1 Å². The molecule has 0 atom stereocenters. The van der Waals surface area contributed by atoms with Crippen molar-refractivity contribution in [3.8, 4) is 5.75 Å². The van der Waals surface area contributed by atoms with Gasteiger partial charge in [0.2, 0.25) is 0 Å². The van der Waals surface area contributed by atoms with Gasteiger partial charge >= 0.3 is 5.97 Å². The van der Waals surface area contributed by atoms with Gasteiger partial charge in [-0.3, -0.25) is 4.79 Å². The summed E-state index contributed by atoms with van der Waals surface area (Å²) in [6.45, 7) is 6.31. The third kappa shape index (κ3) is 6.35. The molecule has 3 aromatic rings. The average molecular weight is 433 g/mol. The lowest BCUT2D eigenvalue weighted by Gasteiger charge is -2.19. The lowest BCUT2D eigenvalue weighted by molar-refractivity contribution is -0.118. The number of hydrogen-bond acceptors (Lipinski definition) is 5. The molecule has 0 aliphatic rings. The van der Waals surface area contributed by atoms with Gasteiger partial charge in [0.15, 0.2) is 6.61 Å². The van der Waals surface area contributed by atoms with Crippen molar-refractivity contribution in [1.82, 2.24) is 0 Å². The number of carbonyl (C=O) groups excluding carboxylic acids is 2. The van der Waals surface area contributed by atoms with Crippen LogP contribution in [0, 0.1) is 0 Å². The molecule has 0 aliphatic heterocycles. The summed E-state index contributed by atoms with van der Waals surface area (Å²) >= 11 is 0. The highest BCUT2D eigenvalue weighted by Gasteiger charge is 2.14. The molecule has 3 aromatic carbocycles. The van der Waals surface area contributed by atoms with Crippen molar-refractivity contribution >= 4 is 23.3 Å². The zero-order valence-corrected chi connectivity index (χ0v) is 18.6. The van der Waals surface area contributed by atoms with E-state index in [4.69, 9.17) is 15.2 Å². The second-order valence-electron chi connectivity index (χ2n) is 8.48. The van der Waals surface area contributed by atoms with Crippen LogP contribution in [0.5, 0.6) is 5.75 Å². The van der Waals surface area contributed by atoms with Crippen molar-refractivity contribution in [3.05, 3.63) is 89.5 Å². The Balaban J connectivity index is 1.56. The number of anilines is 2. The van der Waals surface area contributed by atoms with Crippen LogP contribution in [-0.4, -0.2) is 18.5 Å². The number of nitrogen functional groups attached to an aromatic ring is 1. The smallest absolute Gasteiger partial charge is 0.338 e. The Kier molecular flexibility index (Phi) is 7.15. The fraction of sp³-hybridized carbons (Fsp3) is 0.231. The van der Waals surface area contributed by atoms with E-state index in [1.165, 1.54) is 11.6 Å². The molecule has 0 aromatic heterocycles. The first kappa shape index (κ1) is 22.9. The van der Waals surface area contributed by atoms with Gasteiger partial charge in [-0.2, -0.15) is 0 Å². The first-order valence-corrected chi connectivity index (χ1v) is 10.4. The highest BCUT2D eigenvalue weighted by Crippen LogP contribution is 2.25. The van der Waals surface area contributed by atoms with Gasteiger partial charge in [0, 0.05) is 5.69 Å². The molecular formula is C26H28N2O4. The predicted octanol–water partition coefficient (Wildman–Crippen LogP) is 4.94. The van der Waals surface area contributed by atoms with E-state index in [0.717, 1.165) is 5.56 Å². The minimum Gasteiger partial charge on any atom is -0.482 e. The average Bonchev–Trinajstić information content (AvgIpc) is 2.77. The fourth-order valence-corrected chi connectivity index (χ4v) is 2.99. The maximum atomic E-state index is 12.4. The van der Waals surface area contributed by atoms with Crippen LogP contribution in [0.25, 0.3) is 0 Å². The summed E-state index contributed by atoms with van der Waals surface area (Å²) in [5.74, 6) is -0.579. The van der Waals surface area contributed by atoms with Gasteiger partial charge in [0.25, 0.3) is 5.91 Å². The van der Waals surface area contributed by atoms with Crippen LogP contribution < -0.4 is 15.8 Å². The maximum absolute atomic E-state index is 12.4. The lowest BCUT2D eigenvalue weighted by Crippen LogP contribution is -2.21. The molecule has 0 heterocycles. The summed E-state index contributed by atoms with van der Waals surface area (Å²) < 4.78 is 10.9. The van der Waals surface area contributed by atoms with E-state index >= 15 is 0 Å². The van der Waals surface area contributed by atoms with E-state index in [0.29, 0.717) is 16.9 Å². The summed E-state index contributed by atoms with van der Waals surface area (Å²) in [6, 6.07) is 21.7. The number of esters is 1. The third-order valence-corrected chi connectivity index (χ3v) is 4.86. The quantitative estimate of drug-likeness (QED) is 0.408. The Morgan fingerprint density at radius 3 is 2.28 bits per heavy atom. The standard InChI is InChI=1S/C26H28N2O4/c1-26(2,3)20-10-12-21(13-11-20)28-24(29)17-31-23-15-19(9-14-22(23)27)25(30)32-16-18-7-5-4-6-8-18/h4-15H,16-17,27H2,1-3H3,(H,28,29). The second kappa shape index (κ2) is 10.0. The normalized spacial score (nSPS) is 11.0. The monoisotopic (exact) mass is 432 g/mol. The van der Waals surface area contributed by atoms with Crippen molar-refractivity contribution < 1.29 is 19.1 Å². The van der Waals surface area contributed by atoms with E-state index in [2.05, 4.69) is 26.1 Å². The molecule has 0 saturated carbocycles. The summed E-state index contributed by atoms with van der Waals surface area (Å²) in [5, 5.41) is 2.79. The van der Waals surface area contributed by atoms with Gasteiger partial charge in [0.05, 0.1) is 11.3 Å². The highest BCUT2D eigenvalue weighted by atomic mass is 16.5. The van der Waals surface area contributed by atoms with E-state index in [1.807, 2.05) is 54.6 Å². The van der Waals surface area contributed by atoms with Crippen LogP contribution in [0.4, 0.5) is 11.4 Å². The van der Waals surface area contributed by atoms with Gasteiger partial charge in [-0.15, -0.1) is 0 Å². The van der Waals surface area contributed by atoms with E-state index < -0.39 is 5.97 Å². The molecule has 0 radical (unpaired) electrons. The largest absolute Gasteiger partial charge is 0.482 e. The van der Waals surface area contributed by atoms with Crippen molar-refractivity contribution in [2.24, 2.45) is 0 Å². The van der Waals surface area contributed by atoms with Crippen LogP contribution in [0.1, 0.15) is 42.3 Å². The zero-order chi connectivity index (χ0) is 23.1. The van der Waals surface area contributed by atoms with Gasteiger partial charge in [0.1, 0.15) is 12.4 Å². The zero-order valence-electron chi connectivity index (χ0n) is 18.6. The Morgan fingerprint density at radius 1 is 0.938 bits per heavy atom. The van der Waals surface area contributed by atoms with Gasteiger partial charge in [-0.05, 0) is 46.9 Å². The van der Waals surface area contributed by atoms with Crippen molar-refractivity contribution in [2.45, 2.75) is 32.8 Å². The molecule has 0 spiro atoms. The molecule has 3 rings (SSSR count). The topological polar surface area (TPSA) is 90.6 Å². The number of hydrogen-bond donors (Lipinski definition) is 2. The van der Waals surface area contributed by atoms with Crippen LogP contribution >= 0.6 is 0 Å². The Hall–Kier alpha value is -3.80. The third-order valence-electron chi connectivity index (χ3n) is 4.86. The predicted molar refractivity (Wildman–Crippen MR) is 126 cm³/mol. The molecule has 166 valence electrons. The Bertz CT molecular complexity index is 1070. The fourth-order valence-electron chi connectivity index (χ4n) is 2.99. The molecule has 0 unspecified atom stereocenters. The highest BCUT2D eigenvalue weighted by molar-refractivity contribution is 5.92. The van der Waals surface area contributed by atoms with E-state index in [-0.39, 0.29) is 30.3 Å². The van der Waals surface area contributed by atoms with Crippen LogP contribution in [0.3, 0.4) is 0 Å². The second-order valence-corrected chi connectivity index (χ2v) is 8.48. The number of carbonyl (C=O) groups is 2. The molecule has 3 N–H and O–H groups in total. The maximum Gasteiger partial charge on any atom is 0.338 e. The number of benzene rings is 3. The molecule has 6 nitrogen and oxygen atoms in total. The van der Waals surface area contributed by atoms with Crippen molar-refractivity contribution in [3.63, 3.8) is 0 Å². The summed E-state index contributed by atoms with van der Waals surface area (Å²) in [6.07, 6.45) is 0. The van der Waals surface area contributed by atoms with Gasteiger partial charge in [-0.1, -0.05) is 63.2 Å². The minimum absolute atomic E-state index is 0.0381. The van der Waals surface area contributed by atoms with Crippen LogP contribution in [0.2, 0.25) is 0 Å². The molecular weight excluding hydrogens is 404 g/mol. The van der Waals surface area contributed by atoms with Gasteiger partial charge in [-0.25, -0.2) is 4.79 Å². The molecule has 1 amide bonds. The molecule has 6 heteroatoms. The first-order chi connectivity index (χ1) is 15.2. The molecule has 0 saturated heterocycles. The summed E-state index contributed by atoms with van der Waals surface area (Å²) in [4.78, 5) is 24.6. The molecule has 0 bridgehead atoms.